The number of carbonyl (C=O) groups is 4. The van der Waals surface area contributed by atoms with Crippen LogP contribution in [0.4, 0.5) is 18.4 Å². The number of nitrogens with zero attached hydrogens (tertiary/aromatic N) is 1. The van der Waals surface area contributed by atoms with Crippen LogP contribution in [0.2, 0.25) is 0 Å². The lowest BCUT2D eigenvalue weighted by Gasteiger charge is -2.36. The molecule has 1 aliphatic heterocycles. The summed E-state index contributed by atoms with van der Waals surface area (Å²) in [5.74, 6) is -3.46. The number of ketones is 1. The summed E-state index contributed by atoms with van der Waals surface area (Å²) < 4.78 is 37.1. The zero-order chi connectivity index (χ0) is 22.4. The van der Waals surface area contributed by atoms with Crippen molar-refractivity contribution in [1.82, 2.24) is 15.5 Å². The molecular weight excluding hydrogens is 404 g/mol. The fourth-order valence-electron chi connectivity index (χ4n) is 2.91. The van der Waals surface area contributed by atoms with Crippen molar-refractivity contribution in [1.29, 1.82) is 0 Å². The zero-order valence-corrected chi connectivity index (χ0v) is 16.6. The summed E-state index contributed by atoms with van der Waals surface area (Å²) in [5, 5.41) is 4.78. The quantitative estimate of drug-likeness (QED) is 0.644. The molecule has 2 rings (SSSR count). The van der Waals surface area contributed by atoms with Crippen LogP contribution >= 0.6 is 0 Å². The van der Waals surface area contributed by atoms with Crippen molar-refractivity contribution in [3.63, 3.8) is 0 Å². The Morgan fingerprint density at radius 1 is 1.20 bits per heavy atom. The summed E-state index contributed by atoms with van der Waals surface area (Å²) in [7, 11) is 2.41. The van der Waals surface area contributed by atoms with Gasteiger partial charge in [-0.1, -0.05) is 6.07 Å². The molecule has 0 saturated heterocycles. The van der Waals surface area contributed by atoms with E-state index < -0.39 is 35.7 Å². The number of urea groups is 2. The summed E-state index contributed by atoms with van der Waals surface area (Å²) in [6.45, 7) is 1.06. The Morgan fingerprint density at radius 3 is 2.47 bits per heavy atom. The van der Waals surface area contributed by atoms with Gasteiger partial charge in [0.1, 0.15) is 11.8 Å². The minimum atomic E-state index is -1.43. The Labute approximate surface area is 171 Å². The molecule has 0 unspecified atom stereocenters. The Bertz CT molecular complexity index is 902. The number of hydrogen-bond donors (Lipinski definition) is 2. The van der Waals surface area contributed by atoms with Gasteiger partial charge < -0.3 is 20.1 Å². The Balaban J connectivity index is 2.59. The molecule has 1 heterocycles. The minimum Gasteiger partial charge on any atom is -0.466 e. The number of ether oxygens (including phenoxy) is 2. The second-order valence-corrected chi connectivity index (χ2v) is 6.38. The van der Waals surface area contributed by atoms with E-state index >= 15 is 0 Å². The maximum Gasteiger partial charge on any atom is 0.338 e. The fourth-order valence-corrected chi connectivity index (χ4v) is 2.91. The third-order valence-electron chi connectivity index (χ3n) is 4.26. The number of nitrogens with one attached hydrogen (secondary N) is 2. The predicted molar refractivity (Wildman–Crippen MR) is 99.1 cm³/mol. The molecule has 30 heavy (non-hydrogen) atoms. The van der Waals surface area contributed by atoms with Gasteiger partial charge in [-0.25, -0.2) is 28.1 Å². The van der Waals surface area contributed by atoms with Gasteiger partial charge in [0.25, 0.3) is 0 Å². The number of esters is 1. The molecule has 0 radical (unpaired) electrons. The lowest BCUT2D eigenvalue weighted by Crippen LogP contribution is -2.55. The van der Waals surface area contributed by atoms with Crippen LogP contribution in [0.15, 0.2) is 29.5 Å². The molecule has 9 nitrogen and oxygen atoms in total. The molecule has 1 atom stereocenters. The van der Waals surface area contributed by atoms with Gasteiger partial charge in [-0.15, -0.1) is 0 Å². The summed E-state index contributed by atoms with van der Waals surface area (Å²) in [6.07, 6.45) is 0.0195. The van der Waals surface area contributed by atoms with Crippen molar-refractivity contribution < 1.29 is 37.4 Å². The van der Waals surface area contributed by atoms with Crippen molar-refractivity contribution in [3.05, 3.63) is 46.7 Å². The van der Waals surface area contributed by atoms with Crippen LogP contribution in [0, 0.1) is 11.6 Å². The topological polar surface area (TPSA) is 114 Å². The van der Waals surface area contributed by atoms with Crippen LogP contribution in [0.5, 0.6) is 0 Å². The van der Waals surface area contributed by atoms with Crippen LogP contribution in [-0.2, 0) is 19.1 Å². The number of methoxy groups -OCH3 is 2. The van der Waals surface area contributed by atoms with Gasteiger partial charge in [0.15, 0.2) is 11.6 Å². The van der Waals surface area contributed by atoms with Gasteiger partial charge in [0, 0.05) is 20.1 Å². The molecule has 1 aliphatic rings. The molecule has 1 aromatic carbocycles. The molecule has 162 valence electrons. The number of Topliss-reactive ketones (excluding diaryl/α,β-unsaturated/α-hetero) is 1. The van der Waals surface area contributed by atoms with Gasteiger partial charge in [-0.3, -0.25) is 4.79 Å². The fraction of sp³-hybridized carbons (Fsp3) is 0.368. The van der Waals surface area contributed by atoms with E-state index in [2.05, 4.69) is 10.6 Å². The van der Waals surface area contributed by atoms with Crippen molar-refractivity contribution in [3.8, 4) is 0 Å². The Morgan fingerprint density at radius 2 is 1.90 bits per heavy atom. The molecule has 11 heteroatoms. The monoisotopic (exact) mass is 425 g/mol. The highest BCUT2D eigenvalue weighted by atomic mass is 19.2. The first-order valence-corrected chi connectivity index (χ1v) is 8.84. The average molecular weight is 425 g/mol. The first kappa shape index (κ1) is 22.9. The highest BCUT2D eigenvalue weighted by molar-refractivity contribution is 6.01. The normalized spacial score (nSPS) is 16.2. The van der Waals surface area contributed by atoms with Gasteiger partial charge in [0.2, 0.25) is 0 Å². The molecular formula is C19H21F2N3O6. The van der Waals surface area contributed by atoms with Gasteiger partial charge in [-0.2, -0.15) is 0 Å². The number of rotatable bonds is 7. The second kappa shape index (κ2) is 9.92. The lowest BCUT2D eigenvalue weighted by atomic mass is 9.93. The second-order valence-electron chi connectivity index (χ2n) is 6.38. The van der Waals surface area contributed by atoms with E-state index in [9.17, 15) is 28.0 Å². The average Bonchev–Trinajstić information content (AvgIpc) is 2.68. The van der Waals surface area contributed by atoms with Crippen molar-refractivity contribution in [2.75, 3.05) is 27.4 Å². The standard InChI is InChI=1S/C19H21F2N3O6/c1-10(25)6-7-22-18(27)24-16(11-4-5-12(20)13(21)8-11)15(17(26)30-3)14(9-29-2)23-19(24)28/h4-5,8,16H,6-7,9H2,1-3H3,(H,22,27)(H,23,28)/t16-/m0/s1. The molecule has 2 N–H and O–H groups in total. The van der Waals surface area contributed by atoms with E-state index in [0.717, 1.165) is 25.3 Å². The van der Waals surface area contributed by atoms with Gasteiger partial charge >= 0.3 is 18.0 Å². The molecule has 0 aliphatic carbocycles. The largest absolute Gasteiger partial charge is 0.466 e. The minimum absolute atomic E-state index is 0.0110. The number of imide groups is 1. The first-order chi connectivity index (χ1) is 14.2. The highest BCUT2D eigenvalue weighted by Crippen LogP contribution is 2.35. The van der Waals surface area contributed by atoms with Gasteiger partial charge in [-0.05, 0) is 24.6 Å². The van der Waals surface area contributed by atoms with Crippen molar-refractivity contribution >= 4 is 23.8 Å². The molecule has 0 fully saturated rings. The Kier molecular flexibility index (Phi) is 7.59. The number of amides is 4. The number of halogens is 2. The van der Waals surface area contributed by atoms with E-state index in [1.54, 1.807) is 0 Å². The first-order valence-electron chi connectivity index (χ1n) is 8.84. The van der Waals surface area contributed by atoms with Crippen LogP contribution in [0.1, 0.15) is 24.9 Å². The van der Waals surface area contributed by atoms with Crippen molar-refractivity contribution in [2.24, 2.45) is 0 Å². The zero-order valence-electron chi connectivity index (χ0n) is 16.6. The van der Waals surface area contributed by atoms with Crippen LogP contribution < -0.4 is 10.6 Å². The van der Waals surface area contributed by atoms with E-state index in [4.69, 9.17) is 9.47 Å². The Hall–Kier alpha value is -3.34. The molecule has 0 aromatic heterocycles. The van der Waals surface area contributed by atoms with E-state index in [1.807, 2.05) is 0 Å². The molecule has 0 bridgehead atoms. The summed E-state index contributed by atoms with van der Waals surface area (Å²) in [4.78, 5) is 49.7. The van der Waals surface area contributed by atoms with Crippen LogP contribution in [0.25, 0.3) is 0 Å². The van der Waals surface area contributed by atoms with Crippen molar-refractivity contribution in [2.45, 2.75) is 19.4 Å². The maximum atomic E-state index is 13.9. The summed E-state index contributed by atoms with van der Waals surface area (Å²) in [5.41, 5.74) is -0.219. The van der Waals surface area contributed by atoms with Crippen LogP contribution in [0.3, 0.4) is 0 Å². The number of hydrogen-bond acceptors (Lipinski definition) is 6. The van der Waals surface area contributed by atoms with E-state index in [1.165, 1.54) is 14.0 Å². The summed E-state index contributed by atoms with van der Waals surface area (Å²) >= 11 is 0. The number of benzene rings is 1. The maximum absolute atomic E-state index is 13.9. The number of carbonyl (C=O) groups excluding carboxylic acids is 4. The summed E-state index contributed by atoms with van der Waals surface area (Å²) in [6, 6.07) is -0.560. The molecule has 1 aromatic rings. The smallest absolute Gasteiger partial charge is 0.338 e. The SMILES string of the molecule is COCC1=C(C(=O)OC)[C@H](c2ccc(F)c(F)c2)N(C(=O)NCCC(C)=O)C(=O)N1. The lowest BCUT2D eigenvalue weighted by molar-refractivity contribution is -0.137. The van der Waals surface area contributed by atoms with Crippen LogP contribution in [-0.4, -0.2) is 56.1 Å². The van der Waals surface area contributed by atoms with E-state index in [0.29, 0.717) is 4.90 Å². The highest BCUT2D eigenvalue weighted by Gasteiger charge is 2.43. The molecule has 4 amide bonds. The molecule has 0 saturated carbocycles. The predicted octanol–water partition coefficient (Wildman–Crippen LogP) is 1.79. The van der Waals surface area contributed by atoms with Gasteiger partial charge in [0.05, 0.1) is 25.0 Å². The van der Waals surface area contributed by atoms with E-state index in [-0.39, 0.29) is 42.2 Å². The molecule has 0 spiro atoms. The third kappa shape index (κ3) is 4.98. The third-order valence-corrected chi connectivity index (χ3v) is 4.26.